The first-order chi connectivity index (χ1) is 13.1. The Labute approximate surface area is 159 Å². The van der Waals surface area contributed by atoms with E-state index in [9.17, 15) is 9.59 Å². The number of fused-ring (bicyclic) bond motifs is 3. The number of benzene rings is 3. The zero-order valence-corrected chi connectivity index (χ0v) is 15.1. The van der Waals surface area contributed by atoms with Crippen LogP contribution in [-0.4, -0.2) is 17.6 Å². The highest BCUT2D eigenvalue weighted by molar-refractivity contribution is 8.00. The van der Waals surface area contributed by atoms with Gasteiger partial charge in [0.15, 0.2) is 0 Å². The Balaban J connectivity index is 1.61. The van der Waals surface area contributed by atoms with Gasteiger partial charge in [0.2, 0.25) is 5.91 Å². The summed E-state index contributed by atoms with van der Waals surface area (Å²) in [5, 5.41) is 4.94. The number of amides is 2. The SMILES string of the molecule is NC(=O)CSc1ccccc1C(=O)Nc1ccc2c(c1)oc1ccccc12. The summed E-state index contributed by atoms with van der Waals surface area (Å²) < 4.78 is 5.86. The second-order valence-electron chi connectivity index (χ2n) is 6.01. The lowest BCUT2D eigenvalue weighted by Gasteiger charge is -2.09. The normalized spacial score (nSPS) is 11.0. The second-order valence-corrected chi connectivity index (χ2v) is 7.03. The topological polar surface area (TPSA) is 85.3 Å². The minimum atomic E-state index is -0.425. The van der Waals surface area contributed by atoms with Crippen LogP contribution in [0.1, 0.15) is 10.4 Å². The molecule has 0 aliphatic heterocycles. The Hall–Kier alpha value is -3.25. The second kappa shape index (κ2) is 7.17. The predicted octanol–water partition coefficient (Wildman–Crippen LogP) is 4.42. The minimum Gasteiger partial charge on any atom is -0.456 e. The number of anilines is 1. The van der Waals surface area contributed by atoms with Crippen LogP contribution in [0.25, 0.3) is 21.9 Å². The molecule has 0 unspecified atom stereocenters. The van der Waals surface area contributed by atoms with Gasteiger partial charge in [0, 0.05) is 27.4 Å². The van der Waals surface area contributed by atoms with Crippen LogP contribution in [0, 0.1) is 0 Å². The molecule has 3 N–H and O–H groups in total. The smallest absolute Gasteiger partial charge is 0.256 e. The third-order valence-corrected chi connectivity index (χ3v) is 5.23. The summed E-state index contributed by atoms with van der Waals surface area (Å²) >= 11 is 1.25. The van der Waals surface area contributed by atoms with E-state index in [-0.39, 0.29) is 11.7 Å². The zero-order valence-electron chi connectivity index (χ0n) is 14.3. The van der Waals surface area contributed by atoms with Gasteiger partial charge in [0.1, 0.15) is 11.2 Å². The maximum absolute atomic E-state index is 12.7. The van der Waals surface area contributed by atoms with Crippen LogP contribution in [-0.2, 0) is 4.79 Å². The molecule has 1 heterocycles. The van der Waals surface area contributed by atoms with E-state index in [0.29, 0.717) is 21.7 Å². The van der Waals surface area contributed by atoms with Gasteiger partial charge in [-0.05, 0) is 30.3 Å². The molecule has 4 rings (SSSR count). The zero-order chi connectivity index (χ0) is 18.8. The largest absolute Gasteiger partial charge is 0.456 e. The summed E-state index contributed by atoms with van der Waals surface area (Å²) in [4.78, 5) is 24.5. The lowest BCUT2D eigenvalue weighted by molar-refractivity contribution is -0.115. The van der Waals surface area contributed by atoms with Crippen LogP contribution in [0.3, 0.4) is 0 Å². The third kappa shape index (κ3) is 3.52. The van der Waals surface area contributed by atoms with Gasteiger partial charge in [-0.1, -0.05) is 30.3 Å². The molecule has 0 fully saturated rings. The van der Waals surface area contributed by atoms with E-state index in [1.165, 1.54) is 11.8 Å². The highest BCUT2D eigenvalue weighted by Gasteiger charge is 2.14. The number of primary amides is 1. The van der Waals surface area contributed by atoms with Crippen molar-refractivity contribution in [3.63, 3.8) is 0 Å². The molecule has 27 heavy (non-hydrogen) atoms. The molecule has 5 nitrogen and oxygen atoms in total. The van der Waals surface area contributed by atoms with Crippen molar-refractivity contribution in [3.05, 3.63) is 72.3 Å². The first-order valence-corrected chi connectivity index (χ1v) is 9.33. The summed E-state index contributed by atoms with van der Waals surface area (Å²) in [5.41, 5.74) is 7.86. The van der Waals surface area contributed by atoms with Crippen molar-refractivity contribution in [2.45, 2.75) is 4.90 Å². The minimum absolute atomic E-state index is 0.120. The third-order valence-electron chi connectivity index (χ3n) is 4.14. The molecule has 0 saturated carbocycles. The number of para-hydroxylation sites is 1. The Morgan fingerprint density at radius 2 is 1.67 bits per heavy atom. The fraction of sp³-hybridized carbons (Fsp3) is 0.0476. The van der Waals surface area contributed by atoms with E-state index in [1.54, 1.807) is 18.2 Å². The average molecular weight is 376 g/mol. The number of hydrogen-bond donors (Lipinski definition) is 2. The summed E-state index contributed by atoms with van der Waals surface area (Å²) in [6, 6.07) is 20.5. The highest BCUT2D eigenvalue weighted by Crippen LogP contribution is 2.31. The van der Waals surface area contributed by atoms with Crippen molar-refractivity contribution < 1.29 is 14.0 Å². The molecule has 0 spiro atoms. The number of carbonyl (C=O) groups excluding carboxylic acids is 2. The first-order valence-electron chi connectivity index (χ1n) is 8.34. The van der Waals surface area contributed by atoms with Crippen LogP contribution in [0.2, 0.25) is 0 Å². The Kier molecular flexibility index (Phi) is 4.56. The maximum atomic E-state index is 12.7. The molecule has 4 aromatic rings. The molecular formula is C21H16N2O3S. The van der Waals surface area contributed by atoms with Gasteiger partial charge in [-0.2, -0.15) is 0 Å². The summed E-state index contributed by atoms with van der Waals surface area (Å²) in [7, 11) is 0. The summed E-state index contributed by atoms with van der Waals surface area (Å²) in [6.07, 6.45) is 0. The van der Waals surface area contributed by atoms with Crippen LogP contribution in [0.5, 0.6) is 0 Å². The Morgan fingerprint density at radius 1 is 0.926 bits per heavy atom. The molecule has 2 amide bonds. The number of furan rings is 1. The predicted molar refractivity (Wildman–Crippen MR) is 108 cm³/mol. The fourth-order valence-corrected chi connectivity index (χ4v) is 3.72. The van der Waals surface area contributed by atoms with E-state index in [0.717, 1.165) is 16.4 Å². The molecule has 6 heteroatoms. The monoisotopic (exact) mass is 376 g/mol. The standard InChI is InChI=1S/C21H16N2O3S/c22-20(24)12-27-19-8-4-2-6-16(19)21(25)23-13-9-10-15-14-5-1-3-7-17(14)26-18(15)11-13/h1-11H,12H2,(H2,22,24)(H,23,25). The maximum Gasteiger partial charge on any atom is 0.256 e. The fourth-order valence-electron chi connectivity index (χ4n) is 2.93. The van der Waals surface area contributed by atoms with Crippen LogP contribution in [0.15, 0.2) is 76.0 Å². The van der Waals surface area contributed by atoms with Crippen LogP contribution >= 0.6 is 11.8 Å². The number of rotatable bonds is 5. The molecule has 0 aliphatic carbocycles. The van der Waals surface area contributed by atoms with Gasteiger partial charge < -0.3 is 15.5 Å². The average Bonchev–Trinajstić information content (AvgIpc) is 3.04. The molecule has 0 bridgehead atoms. The summed E-state index contributed by atoms with van der Waals surface area (Å²) in [5.74, 6) is -0.557. The molecule has 0 saturated heterocycles. The van der Waals surface area contributed by atoms with E-state index in [1.807, 2.05) is 48.5 Å². The van der Waals surface area contributed by atoms with E-state index < -0.39 is 5.91 Å². The number of nitrogens with two attached hydrogens (primary N) is 1. The Bertz CT molecular complexity index is 1170. The lowest BCUT2D eigenvalue weighted by atomic mass is 10.1. The highest BCUT2D eigenvalue weighted by atomic mass is 32.2. The van der Waals surface area contributed by atoms with Gasteiger partial charge >= 0.3 is 0 Å². The van der Waals surface area contributed by atoms with E-state index >= 15 is 0 Å². The van der Waals surface area contributed by atoms with Crippen molar-refractivity contribution in [3.8, 4) is 0 Å². The van der Waals surface area contributed by atoms with Gasteiger partial charge in [0.05, 0.1) is 11.3 Å². The number of thioether (sulfide) groups is 1. The van der Waals surface area contributed by atoms with Crippen molar-refractivity contribution >= 4 is 51.2 Å². The molecule has 0 atom stereocenters. The van der Waals surface area contributed by atoms with Crippen molar-refractivity contribution in [2.75, 3.05) is 11.1 Å². The molecule has 1 aromatic heterocycles. The number of nitrogens with one attached hydrogen (secondary N) is 1. The molecule has 3 aromatic carbocycles. The molecule has 0 aliphatic rings. The van der Waals surface area contributed by atoms with Gasteiger partial charge in [-0.25, -0.2) is 0 Å². The van der Waals surface area contributed by atoms with Crippen molar-refractivity contribution in [1.29, 1.82) is 0 Å². The van der Waals surface area contributed by atoms with Gasteiger partial charge in [-0.15, -0.1) is 11.8 Å². The van der Waals surface area contributed by atoms with Crippen LogP contribution in [0.4, 0.5) is 5.69 Å². The number of carbonyl (C=O) groups is 2. The van der Waals surface area contributed by atoms with Crippen molar-refractivity contribution in [1.82, 2.24) is 0 Å². The molecule has 134 valence electrons. The Morgan fingerprint density at radius 3 is 2.52 bits per heavy atom. The first kappa shape index (κ1) is 17.2. The van der Waals surface area contributed by atoms with Gasteiger partial charge in [-0.3, -0.25) is 9.59 Å². The molecular weight excluding hydrogens is 360 g/mol. The van der Waals surface area contributed by atoms with E-state index in [4.69, 9.17) is 10.2 Å². The van der Waals surface area contributed by atoms with Crippen molar-refractivity contribution in [2.24, 2.45) is 5.73 Å². The quantitative estimate of drug-likeness (QED) is 0.505. The van der Waals surface area contributed by atoms with Crippen LogP contribution < -0.4 is 11.1 Å². The summed E-state index contributed by atoms with van der Waals surface area (Å²) in [6.45, 7) is 0. The lowest BCUT2D eigenvalue weighted by Crippen LogP contribution is -2.15. The van der Waals surface area contributed by atoms with Gasteiger partial charge in [0.25, 0.3) is 5.91 Å². The number of hydrogen-bond acceptors (Lipinski definition) is 4. The van der Waals surface area contributed by atoms with E-state index in [2.05, 4.69) is 5.32 Å². The molecule has 0 radical (unpaired) electrons.